The normalized spacial score (nSPS) is 15.4. The number of hydrogen-bond acceptors (Lipinski definition) is 2. The molecule has 4 nitrogen and oxygen atoms in total. The van der Waals surface area contributed by atoms with E-state index in [0.29, 0.717) is 11.4 Å². The first kappa shape index (κ1) is 23.7. The smallest absolute Gasteiger partial charge is 0.223 e. The largest absolute Gasteiger partial charge is 0.361 e. The fourth-order valence-electron chi connectivity index (χ4n) is 5.22. The van der Waals surface area contributed by atoms with Crippen LogP contribution in [0.2, 0.25) is 5.02 Å². The molecule has 4 aromatic rings. The van der Waals surface area contributed by atoms with Crippen molar-refractivity contribution in [2.75, 3.05) is 26.2 Å². The lowest BCUT2D eigenvalue weighted by Gasteiger charge is -2.35. The van der Waals surface area contributed by atoms with E-state index in [0.717, 1.165) is 44.7 Å². The van der Waals surface area contributed by atoms with Crippen molar-refractivity contribution in [3.05, 3.63) is 106 Å². The van der Waals surface area contributed by atoms with E-state index < -0.39 is 0 Å². The van der Waals surface area contributed by atoms with Gasteiger partial charge in [-0.05, 0) is 40.8 Å². The molecule has 1 aliphatic rings. The van der Waals surface area contributed by atoms with E-state index in [4.69, 9.17) is 11.6 Å². The van der Waals surface area contributed by atoms with Gasteiger partial charge in [-0.25, -0.2) is 0 Å². The number of nitrogens with zero attached hydrogens (tertiary/aromatic N) is 2. The van der Waals surface area contributed by atoms with Gasteiger partial charge in [0.05, 0.1) is 0 Å². The van der Waals surface area contributed by atoms with Crippen molar-refractivity contribution in [1.82, 2.24) is 14.8 Å². The summed E-state index contributed by atoms with van der Waals surface area (Å²) in [6, 6.07) is 24.9. The highest BCUT2D eigenvalue weighted by Gasteiger charge is 2.27. The van der Waals surface area contributed by atoms with Crippen LogP contribution < -0.4 is 0 Å². The molecular formula is C30H32ClN3O. The van der Waals surface area contributed by atoms with Gasteiger partial charge in [0.1, 0.15) is 0 Å². The summed E-state index contributed by atoms with van der Waals surface area (Å²) < 4.78 is 0. The minimum Gasteiger partial charge on any atom is -0.361 e. The number of nitrogens with one attached hydrogen (secondary N) is 1. The molecule has 5 heteroatoms. The SMILES string of the molecule is CCc1cccc2c(C(CC(=O)N3CCN(Cc4ccccc4)CC3)c3ccc(Cl)cc3)c[nH]c12. The van der Waals surface area contributed by atoms with Crippen LogP contribution >= 0.6 is 11.6 Å². The number of hydrogen-bond donors (Lipinski definition) is 1. The molecular weight excluding hydrogens is 454 g/mol. The van der Waals surface area contributed by atoms with Crippen LogP contribution in [0.3, 0.4) is 0 Å². The van der Waals surface area contributed by atoms with Crippen LogP contribution in [0, 0.1) is 0 Å². The zero-order chi connectivity index (χ0) is 24.2. The molecule has 0 aliphatic carbocycles. The number of rotatable bonds is 7. The van der Waals surface area contributed by atoms with Crippen LogP contribution in [0.15, 0.2) is 79.0 Å². The molecule has 0 spiro atoms. The zero-order valence-electron chi connectivity index (χ0n) is 20.2. The first-order valence-corrected chi connectivity index (χ1v) is 12.9. The second-order valence-electron chi connectivity index (χ2n) is 9.39. The summed E-state index contributed by atoms with van der Waals surface area (Å²) in [4.78, 5) is 21.5. The van der Waals surface area contributed by atoms with Gasteiger partial charge in [0.2, 0.25) is 5.91 Å². The van der Waals surface area contributed by atoms with Crippen molar-refractivity contribution in [3.8, 4) is 0 Å². The van der Waals surface area contributed by atoms with Gasteiger partial charge in [-0.2, -0.15) is 0 Å². The minimum atomic E-state index is -0.0250. The molecule has 180 valence electrons. The van der Waals surface area contributed by atoms with Gasteiger partial charge < -0.3 is 9.88 Å². The van der Waals surface area contributed by atoms with E-state index in [1.807, 2.05) is 23.1 Å². The summed E-state index contributed by atoms with van der Waals surface area (Å²) in [5.41, 5.74) is 6.08. The Balaban J connectivity index is 1.34. The Morgan fingerprint density at radius 3 is 2.40 bits per heavy atom. The number of carbonyl (C=O) groups is 1. The number of amides is 1. The second-order valence-corrected chi connectivity index (χ2v) is 9.82. The van der Waals surface area contributed by atoms with Gasteiger partial charge >= 0.3 is 0 Å². The predicted molar refractivity (Wildman–Crippen MR) is 144 cm³/mol. The molecule has 0 radical (unpaired) electrons. The van der Waals surface area contributed by atoms with Gasteiger partial charge in [0, 0.05) is 67.2 Å². The fraction of sp³-hybridized carbons (Fsp3) is 0.300. The Bertz CT molecular complexity index is 1270. The number of aromatic amines is 1. The maximum atomic E-state index is 13.5. The maximum Gasteiger partial charge on any atom is 0.223 e. The number of H-pyrrole nitrogens is 1. The zero-order valence-corrected chi connectivity index (χ0v) is 21.0. The van der Waals surface area contributed by atoms with E-state index in [-0.39, 0.29) is 11.8 Å². The molecule has 3 aromatic carbocycles. The molecule has 0 saturated carbocycles. The molecule has 1 aromatic heterocycles. The van der Waals surface area contributed by atoms with Crippen LogP contribution in [0.4, 0.5) is 0 Å². The van der Waals surface area contributed by atoms with Crippen molar-refractivity contribution >= 4 is 28.4 Å². The second kappa shape index (κ2) is 10.7. The number of para-hydroxylation sites is 1. The van der Waals surface area contributed by atoms with Crippen LogP contribution in [-0.4, -0.2) is 46.9 Å². The van der Waals surface area contributed by atoms with E-state index in [1.54, 1.807) is 0 Å². The Labute approximate surface area is 212 Å². The summed E-state index contributed by atoms with van der Waals surface area (Å²) in [5, 5.41) is 1.91. The lowest BCUT2D eigenvalue weighted by atomic mass is 9.87. The average Bonchev–Trinajstić information content (AvgIpc) is 3.33. The van der Waals surface area contributed by atoms with Crippen molar-refractivity contribution in [2.45, 2.75) is 32.2 Å². The molecule has 1 saturated heterocycles. The number of piperazine rings is 1. The van der Waals surface area contributed by atoms with Gasteiger partial charge in [-0.1, -0.05) is 79.2 Å². The third-order valence-electron chi connectivity index (χ3n) is 7.22. The molecule has 5 rings (SSSR count). The molecule has 0 bridgehead atoms. The predicted octanol–water partition coefficient (Wildman–Crippen LogP) is 6.25. The third kappa shape index (κ3) is 5.29. The number of aryl methyl sites for hydroxylation is 1. The monoisotopic (exact) mass is 485 g/mol. The fourth-order valence-corrected chi connectivity index (χ4v) is 5.35. The Hall–Kier alpha value is -3.08. The van der Waals surface area contributed by atoms with Crippen molar-refractivity contribution in [1.29, 1.82) is 0 Å². The average molecular weight is 486 g/mol. The molecule has 1 amide bonds. The van der Waals surface area contributed by atoms with Crippen molar-refractivity contribution < 1.29 is 4.79 Å². The molecule has 1 N–H and O–H groups in total. The van der Waals surface area contributed by atoms with E-state index in [1.165, 1.54) is 27.6 Å². The molecule has 1 atom stereocenters. The Morgan fingerprint density at radius 2 is 1.69 bits per heavy atom. The van der Waals surface area contributed by atoms with Crippen molar-refractivity contribution in [2.24, 2.45) is 0 Å². The first-order valence-electron chi connectivity index (χ1n) is 12.5. The van der Waals surface area contributed by atoms with Gasteiger partial charge in [0.25, 0.3) is 0 Å². The molecule has 35 heavy (non-hydrogen) atoms. The van der Waals surface area contributed by atoms with E-state index >= 15 is 0 Å². The van der Waals surface area contributed by atoms with Gasteiger partial charge in [-0.15, -0.1) is 0 Å². The first-order chi connectivity index (χ1) is 17.1. The van der Waals surface area contributed by atoms with E-state index in [9.17, 15) is 4.79 Å². The standard InChI is InChI=1S/C30H32ClN3O/c1-2-23-9-6-10-26-28(20-32-30(23)26)27(24-11-13-25(31)14-12-24)19-29(35)34-17-15-33(16-18-34)21-22-7-4-3-5-8-22/h3-14,20,27,32H,2,15-19,21H2,1H3. The summed E-state index contributed by atoms with van der Waals surface area (Å²) in [7, 11) is 0. The van der Waals surface area contributed by atoms with Crippen LogP contribution in [-0.2, 0) is 17.8 Å². The van der Waals surface area contributed by atoms with Crippen LogP contribution in [0.25, 0.3) is 10.9 Å². The summed E-state index contributed by atoms with van der Waals surface area (Å²) in [6.07, 6.45) is 3.51. The maximum absolute atomic E-state index is 13.5. The number of halogens is 1. The van der Waals surface area contributed by atoms with Gasteiger partial charge in [0.15, 0.2) is 0 Å². The van der Waals surface area contributed by atoms with Crippen molar-refractivity contribution in [3.63, 3.8) is 0 Å². The summed E-state index contributed by atoms with van der Waals surface area (Å²) in [5.74, 6) is 0.188. The Morgan fingerprint density at radius 1 is 0.943 bits per heavy atom. The van der Waals surface area contributed by atoms with E-state index in [2.05, 4.69) is 77.6 Å². The lowest BCUT2D eigenvalue weighted by Crippen LogP contribution is -2.48. The van der Waals surface area contributed by atoms with Crippen LogP contribution in [0.1, 0.15) is 41.5 Å². The number of aromatic nitrogens is 1. The summed E-state index contributed by atoms with van der Waals surface area (Å²) >= 11 is 6.19. The number of fused-ring (bicyclic) bond motifs is 1. The highest BCUT2D eigenvalue weighted by molar-refractivity contribution is 6.30. The van der Waals surface area contributed by atoms with Crippen LogP contribution in [0.5, 0.6) is 0 Å². The lowest BCUT2D eigenvalue weighted by molar-refractivity contribution is -0.133. The molecule has 1 aliphatic heterocycles. The quantitative estimate of drug-likeness (QED) is 0.336. The highest BCUT2D eigenvalue weighted by atomic mass is 35.5. The third-order valence-corrected chi connectivity index (χ3v) is 7.47. The van der Waals surface area contributed by atoms with Gasteiger partial charge in [-0.3, -0.25) is 9.69 Å². The Kier molecular flexibility index (Phi) is 7.21. The topological polar surface area (TPSA) is 39.3 Å². The highest BCUT2D eigenvalue weighted by Crippen LogP contribution is 2.35. The molecule has 1 unspecified atom stereocenters. The molecule has 1 fully saturated rings. The number of carbonyl (C=O) groups excluding carboxylic acids is 1. The molecule has 2 heterocycles. The summed E-state index contributed by atoms with van der Waals surface area (Å²) in [6.45, 7) is 6.45. The minimum absolute atomic E-state index is 0.0250. The number of benzene rings is 3.